The average Bonchev–Trinajstić information content (AvgIpc) is 2.64. The Kier molecular flexibility index (Phi) is 6.19. The van der Waals surface area contributed by atoms with Gasteiger partial charge in [-0.1, -0.05) is 31.4 Å². The van der Waals surface area contributed by atoms with E-state index in [4.69, 9.17) is 5.11 Å². The first-order valence-corrected chi connectivity index (χ1v) is 10.2. The predicted octanol–water partition coefficient (Wildman–Crippen LogP) is 3.23. The van der Waals surface area contributed by atoms with Crippen LogP contribution in [0, 0.1) is 0 Å². The minimum Gasteiger partial charge on any atom is -0.478 e. The average molecular weight is 349 g/mol. The highest BCUT2D eigenvalue weighted by Gasteiger charge is 2.37. The second kappa shape index (κ2) is 8.37. The topological polar surface area (TPSA) is 52.6 Å². The van der Waals surface area contributed by atoms with Crippen molar-refractivity contribution in [2.75, 3.05) is 31.1 Å². The number of rotatable bonds is 6. The van der Waals surface area contributed by atoms with E-state index in [-0.39, 0.29) is 0 Å². The van der Waals surface area contributed by atoms with Crippen LogP contribution in [-0.4, -0.2) is 52.7 Å². The van der Waals surface area contributed by atoms with Crippen LogP contribution in [-0.2, 0) is 6.54 Å². The Morgan fingerprint density at radius 2 is 1.79 bits per heavy atom. The molecule has 1 saturated carbocycles. The van der Waals surface area contributed by atoms with Crippen molar-refractivity contribution < 1.29 is 9.90 Å². The zero-order chi connectivity index (χ0) is 16.8. The SMILES string of the molecule is O=C(O)c1ccc(CNCC2(N3CCSCC3)CCCCC2)cc1. The third-order valence-corrected chi connectivity index (χ3v) is 6.39. The highest BCUT2D eigenvalue weighted by molar-refractivity contribution is 7.99. The van der Waals surface area contributed by atoms with Gasteiger partial charge in [-0.15, -0.1) is 0 Å². The van der Waals surface area contributed by atoms with Crippen molar-refractivity contribution in [3.05, 3.63) is 35.4 Å². The lowest BCUT2D eigenvalue weighted by Gasteiger charge is -2.48. The van der Waals surface area contributed by atoms with E-state index in [1.165, 1.54) is 56.7 Å². The van der Waals surface area contributed by atoms with Gasteiger partial charge in [0.05, 0.1) is 5.56 Å². The summed E-state index contributed by atoms with van der Waals surface area (Å²) >= 11 is 2.08. The van der Waals surface area contributed by atoms with Crippen LogP contribution < -0.4 is 5.32 Å². The van der Waals surface area contributed by atoms with Crippen molar-refractivity contribution in [3.8, 4) is 0 Å². The van der Waals surface area contributed by atoms with Crippen LogP contribution in [0.1, 0.15) is 48.0 Å². The molecule has 3 rings (SSSR count). The molecule has 0 radical (unpaired) electrons. The molecule has 24 heavy (non-hydrogen) atoms. The summed E-state index contributed by atoms with van der Waals surface area (Å²) < 4.78 is 0. The summed E-state index contributed by atoms with van der Waals surface area (Å²) in [7, 11) is 0. The number of nitrogens with zero attached hydrogens (tertiary/aromatic N) is 1. The highest BCUT2D eigenvalue weighted by Crippen LogP contribution is 2.34. The third-order valence-electron chi connectivity index (χ3n) is 5.45. The fourth-order valence-electron chi connectivity index (χ4n) is 4.06. The fourth-order valence-corrected chi connectivity index (χ4v) is 4.96. The fraction of sp³-hybridized carbons (Fsp3) is 0.632. The smallest absolute Gasteiger partial charge is 0.335 e. The Bertz CT molecular complexity index is 535. The first kappa shape index (κ1) is 17.8. The molecule has 2 fully saturated rings. The number of nitrogens with one attached hydrogen (secondary N) is 1. The predicted molar refractivity (Wildman–Crippen MR) is 99.8 cm³/mol. The number of carbonyl (C=O) groups is 1. The van der Waals surface area contributed by atoms with E-state index in [2.05, 4.69) is 22.0 Å². The van der Waals surface area contributed by atoms with E-state index in [9.17, 15) is 4.79 Å². The number of aromatic carboxylic acids is 1. The molecule has 2 aliphatic rings. The maximum atomic E-state index is 10.9. The van der Waals surface area contributed by atoms with Crippen LogP contribution in [0.4, 0.5) is 0 Å². The van der Waals surface area contributed by atoms with Crippen molar-refractivity contribution in [3.63, 3.8) is 0 Å². The number of hydrogen-bond acceptors (Lipinski definition) is 4. The lowest BCUT2D eigenvalue weighted by Crippen LogP contribution is -2.58. The molecule has 2 N–H and O–H groups in total. The minimum atomic E-state index is -0.862. The first-order valence-electron chi connectivity index (χ1n) is 9.05. The number of hydrogen-bond donors (Lipinski definition) is 2. The Balaban J connectivity index is 1.58. The number of carboxylic acids is 1. The summed E-state index contributed by atoms with van der Waals surface area (Å²) in [6.45, 7) is 4.29. The molecular weight excluding hydrogens is 320 g/mol. The first-order chi connectivity index (χ1) is 11.7. The van der Waals surface area contributed by atoms with Crippen LogP contribution >= 0.6 is 11.8 Å². The van der Waals surface area contributed by atoms with Crippen molar-refractivity contribution in [1.82, 2.24) is 10.2 Å². The van der Waals surface area contributed by atoms with Crippen molar-refractivity contribution >= 4 is 17.7 Å². The van der Waals surface area contributed by atoms with Gasteiger partial charge in [-0.2, -0.15) is 11.8 Å². The molecule has 0 aromatic heterocycles. The summed E-state index contributed by atoms with van der Waals surface area (Å²) in [4.78, 5) is 13.7. The van der Waals surface area contributed by atoms with Crippen LogP contribution in [0.15, 0.2) is 24.3 Å². The van der Waals surface area contributed by atoms with Crippen molar-refractivity contribution in [1.29, 1.82) is 0 Å². The molecule has 0 atom stereocenters. The van der Waals surface area contributed by atoms with Gasteiger partial charge in [-0.3, -0.25) is 4.90 Å². The van der Waals surface area contributed by atoms with Gasteiger partial charge >= 0.3 is 5.97 Å². The summed E-state index contributed by atoms with van der Waals surface area (Å²) in [6.07, 6.45) is 6.68. The Labute approximate surface area is 149 Å². The summed E-state index contributed by atoms with van der Waals surface area (Å²) in [5.74, 6) is 1.66. The summed E-state index contributed by atoms with van der Waals surface area (Å²) in [5, 5.41) is 12.6. The molecular formula is C19H28N2O2S. The summed E-state index contributed by atoms with van der Waals surface area (Å²) in [6, 6.07) is 7.22. The molecule has 0 spiro atoms. The van der Waals surface area contributed by atoms with Gasteiger partial charge in [0.2, 0.25) is 0 Å². The van der Waals surface area contributed by atoms with Gasteiger partial charge in [-0.05, 0) is 30.5 Å². The normalized spacial score (nSPS) is 21.5. The highest BCUT2D eigenvalue weighted by atomic mass is 32.2. The Hall–Kier alpha value is -1.04. The van der Waals surface area contributed by atoms with E-state index in [0.29, 0.717) is 11.1 Å². The van der Waals surface area contributed by atoms with Gasteiger partial charge in [0.25, 0.3) is 0 Å². The molecule has 1 aliphatic heterocycles. The number of benzene rings is 1. The lowest BCUT2D eigenvalue weighted by molar-refractivity contribution is 0.0584. The molecule has 5 heteroatoms. The van der Waals surface area contributed by atoms with Crippen LogP contribution in [0.2, 0.25) is 0 Å². The lowest BCUT2D eigenvalue weighted by atomic mass is 9.80. The molecule has 132 valence electrons. The zero-order valence-electron chi connectivity index (χ0n) is 14.3. The zero-order valence-corrected chi connectivity index (χ0v) is 15.1. The minimum absolute atomic E-state index is 0.334. The van der Waals surface area contributed by atoms with Gasteiger partial charge in [0.1, 0.15) is 0 Å². The molecule has 1 aliphatic carbocycles. The quantitative estimate of drug-likeness (QED) is 0.827. The van der Waals surface area contributed by atoms with Crippen LogP contribution in [0.3, 0.4) is 0 Å². The van der Waals surface area contributed by atoms with Crippen molar-refractivity contribution in [2.45, 2.75) is 44.2 Å². The monoisotopic (exact) mass is 348 g/mol. The largest absolute Gasteiger partial charge is 0.478 e. The van der Waals surface area contributed by atoms with Gasteiger partial charge < -0.3 is 10.4 Å². The van der Waals surface area contributed by atoms with Crippen LogP contribution in [0.25, 0.3) is 0 Å². The summed E-state index contributed by atoms with van der Waals surface area (Å²) in [5.41, 5.74) is 1.84. The second-order valence-corrected chi connectivity index (χ2v) is 8.21. The number of thioether (sulfide) groups is 1. The Morgan fingerprint density at radius 3 is 2.42 bits per heavy atom. The van der Waals surface area contributed by atoms with Gasteiger partial charge in [0, 0.05) is 43.2 Å². The van der Waals surface area contributed by atoms with E-state index in [1.54, 1.807) is 12.1 Å². The van der Waals surface area contributed by atoms with Gasteiger partial charge in [-0.25, -0.2) is 4.79 Å². The van der Waals surface area contributed by atoms with Crippen molar-refractivity contribution in [2.24, 2.45) is 0 Å². The molecule has 0 amide bonds. The molecule has 1 heterocycles. The van der Waals surface area contributed by atoms with Gasteiger partial charge in [0.15, 0.2) is 0 Å². The molecule has 1 saturated heterocycles. The Morgan fingerprint density at radius 1 is 1.12 bits per heavy atom. The maximum Gasteiger partial charge on any atom is 0.335 e. The maximum absolute atomic E-state index is 10.9. The van der Waals surface area contributed by atoms with E-state index in [0.717, 1.165) is 18.7 Å². The standard InChI is InChI=1S/C19H28N2O2S/c22-18(23)17-6-4-16(5-7-17)14-20-15-19(8-2-1-3-9-19)21-10-12-24-13-11-21/h4-7,20H,1-3,8-15H2,(H,22,23). The molecule has 0 bridgehead atoms. The number of carboxylic acid groups (broad SMARTS) is 1. The molecule has 1 aromatic carbocycles. The molecule has 4 nitrogen and oxygen atoms in total. The van der Waals surface area contributed by atoms with E-state index >= 15 is 0 Å². The molecule has 1 aromatic rings. The second-order valence-electron chi connectivity index (χ2n) is 6.99. The van der Waals surface area contributed by atoms with Crippen LogP contribution in [0.5, 0.6) is 0 Å². The van der Waals surface area contributed by atoms with E-state index < -0.39 is 5.97 Å². The third kappa shape index (κ3) is 4.32. The van der Waals surface area contributed by atoms with E-state index in [1.807, 2.05) is 12.1 Å². The molecule has 0 unspecified atom stereocenters.